The lowest BCUT2D eigenvalue weighted by Crippen LogP contribution is -2.08. The maximum absolute atomic E-state index is 5.76. The Morgan fingerprint density at radius 2 is 1.93 bits per heavy atom. The molecule has 0 spiro atoms. The Labute approximate surface area is 84.7 Å². The van der Waals surface area contributed by atoms with Crippen LogP contribution in [0.1, 0.15) is 19.4 Å². The summed E-state index contributed by atoms with van der Waals surface area (Å²) in [5.41, 5.74) is 2.13. The lowest BCUT2D eigenvalue weighted by molar-refractivity contribution is 0.364. The highest BCUT2D eigenvalue weighted by Crippen LogP contribution is 2.34. The minimum absolute atomic E-state index is 0.403. The van der Waals surface area contributed by atoms with Gasteiger partial charge in [0, 0.05) is 11.5 Å². The summed E-state index contributed by atoms with van der Waals surface area (Å²) in [5.74, 6) is 2.32. The third-order valence-electron chi connectivity index (χ3n) is 2.35. The summed E-state index contributed by atoms with van der Waals surface area (Å²) in [7, 11) is 0. The van der Waals surface area contributed by atoms with E-state index in [-0.39, 0.29) is 0 Å². The first-order valence-corrected chi connectivity index (χ1v) is 4.86. The van der Waals surface area contributed by atoms with Gasteiger partial charge >= 0.3 is 0 Å². The van der Waals surface area contributed by atoms with Crippen molar-refractivity contribution in [1.29, 1.82) is 0 Å². The number of ether oxygens (including phenoxy) is 1. The molecule has 0 saturated carbocycles. The van der Waals surface area contributed by atoms with E-state index < -0.39 is 0 Å². The fraction of sp³-hybridized carbons (Fsp3) is 0.231. The second kappa shape index (κ2) is 3.33. The van der Waals surface area contributed by atoms with E-state index in [1.807, 2.05) is 30.3 Å². The number of rotatable bonds is 1. The Bertz CT molecular complexity index is 399. The summed E-state index contributed by atoms with van der Waals surface area (Å²) < 4.78 is 5.76. The van der Waals surface area contributed by atoms with Crippen LogP contribution in [0.3, 0.4) is 0 Å². The molecule has 1 aromatic rings. The number of para-hydroxylation sites is 1. The van der Waals surface area contributed by atoms with Crippen molar-refractivity contribution >= 4 is 5.57 Å². The van der Waals surface area contributed by atoms with Gasteiger partial charge in [-0.3, -0.25) is 0 Å². The normalized spacial score (nSPS) is 14.8. The largest absolute Gasteiger partial charge is 0.461 e. The molecular formula is C13H14O. The number of hydrogen-bond acceptors (Lipinski definition) is 1. The van der Waals surface area contributed by atoms with Gasteiger partial charge in [0.25, 0.3) is 0 Å². The van der Waals surface area contributed by atoms with Gasteiger partial charge in [0.2, 0.25) is 0 Å². The Hall–Kier alpha value is -1.50. The molecule has 0 atom stereocenters. The number of benzene rings is 1. The first-order chi connectivity index (χ1) is 6.68. The van der Waals surface area contributed by atoms with E-state index in [0.29, 0.717) is 5.92 Å². The molecule has 0 amide bonds. The third kappa shape index (κ3) is 1.46. The first kappa shape index (κ1) is 9.07. The molecular weight excluding hydrogens is 172 g/mol. The fourth-order valence-corrected chi connectivity index (χ4v) is 1.51. The monoisotopic (exact) mass is 186 g/mol. The van der Waals surface area contributed by atoms with E-state index in [9.17, 15) is 0 Å². The van der Waals surface area contributed by atoms with E-state index >= 15 is 0 Å². The van der Waals surface area contributed by atoms with Crippen LogP contribution < -0.4 is 4.74 Å². The molecule has 0 N–H and O–H groups in total. The van der Waals surface area contributed by atoms with Crippen molar-refractivity contribution < 1.29 is 4.74 Å². The van der Waals surface area contributed by atoms with Crippen molar-refractivity contribution in [2.45, 2.75) is 13.8 Å². The topological polar surface area (TPSA) is 9.23 Å². The van der Waals surface area contributed by atoms with Crippen LogP contribution in [-0.4, -0.2) is 0 Å². The zero-order valence-corrected chi connectivity index (χ0v) is 8.58. The number of hydrogen-bond donors (Lipinski definition) is 0. The molecule has 0 radical (unpaired) electrons. The highest BCUT2D eigenvalue weighted by molar-refractivity contribution is 5.78. The van der Waals surface area contributed by atoms with Crippen LogP contribution in [0.15, 0.2) is 42.7 Å². The van der Waals surface area contributed by atoms with Crippen LogP contribution >= 0.6 is 0 Å². The molecule has 1 nitrogen and oxygen atoms in total. The maximum Gasteiger partial charge on any atom is 0.134 e. The van der Waals surface area contributed by atoms with Crippen LogP contribution in [-0.2, 0) is 0 Å². The molecule has 0 aromatic heterocycles. The van der Waals surface area contributed by atoms with Gasteiger partial charge in [0.05, 0.1) is 0 Å². The fourth-order valence-electron chi connectivity index (χ4n) is 1.51. The second-order valence-electron chi connectivity index (χ2n) is 3.82. The van der Waals surface area contributed by atoms with Crippen LogP contribution in [0.5, 0.6) is 5.75 Å². The van der Waals surface area contributed by atoms with Crippen LogP contribution in [0.2, 0.25) is 0 Å². The second-order valence-corrected chi connectivity index (χ2v) is 3.82. The lowest BCUT2D eigenvalue weighted by Gasteiger charge is -2.21. The van der Waals surface area contributed by atoms with Crippen molar-refractivity contribution in [1.82, 2.24) is 0 Å². The maximum atomic E-state index is 5.76. The minimum Gasteiger partial charge on any atom is -0.461 e. The molecule has 2 rings (SSSR count). The van der Waals surface area contributed by atoms with Gasteiger partial charge in [0.1, 0.15) is 11.5 Å². The molecule has 1 aliphatic heterocycles. The van der Waals surface area contributed by atoms with E-state index in [2.05, 4.69) is 20.4 Å². The summed E-state index contributed by atoms with van der Waals surface area (Å²) in [6, 6.07) is 8.00. The molecule has 1 aliphatic rings. The van der Waals surface area contributed by atoms with Crippen molar-refractivity contribution in [2.75, 3.05) is 0 Å². The zero-order chi connectivity index (χ0) is 10.1. The van der Waals surface area contributed by atoms with E-state index in [1.54, 1.807) is 0 Å². The molecule has 0 saturated heterocycles. The van der Waals surface area contributed by atoms with Gasteiger partial charge in [-0.2, -0.15) is 0 Å². The van der Waals surface area contributed by atoms with Crippen LogP contribution in [0, 0.1) is 5.92 Å². The molecule has 0 unspecified atom stereocenters. The minimum atomic E-state index is 0.403. The Kier molecular flexibility index (Phi) is 2.16. The molecule has 0 fully saturated rings. The van der Waals surface area contributed by atoms with E-state index in [1.165, 1.54) is 0 Å². The number of fused-ring (bicyclic) bond motifs is 1. The van der Waals surface area contributed by atoms with E-state index in [0.717, 1.165) is 22.6 Å². The molecule has 1 heteroatoms. The Morgan fingerprint density at radius 3 is 2.64 bits per heavy atom. The Balaban J connectivity index is 2.43. The molecule has 1 heterocycles. The summed E-state index contributed by atoms with van der Waals surface area (Å²) >= 11 is 0. The van der Waals surface area contributed by atoms with Gasteiger partial charge in [0.15, 0.2) is 0 Å². The molecule has 1 aromatic carbocycles. The van der Waals surface area contributed by atoms with Crippen LogP contribution in [0.25, 0.3) is 5.57 Å². The van der Waals surface area contributed by atoms with Crippen molar-refractivity contribution in [3.63, 3.8) is 0 Å². The molecule has 14 heavy (non-hydrogen) atoms. The highest BCUT2D eigenvalue weighted by atomic mass is 16.5. The van der Waals surface area contributed by atoms with Crippen molar-refractivity contribution in [3.05, 3.63) is 48.2 Å². The average Bonchev–Trinajstić information content (AvgIpc) is 2.17. The zero-order valence-electron chi connectivity index (χ0n) is 8.58. The van der Waals surface area contributed by atoms with Crippen molar-refractivity contribution in [3.8, 4) is 5.75 Å². The van der Waals surface area contributed by atoms with Crippen LogP contribution in [0.4, 0.5) is 0 Å². The van der Waals surface area contributed by atoms with Gasteiger partial charge in [-0.15, -0.1) is 0 Å². The van der Waals surface area contributed by atoms with Crippen molar-refractivity contribution in [2.24, 2.45) is 5.92 Å². The molecule has 0 aliphatic carbocycles. The third-order valence-corrected chi connectivity index (χ3v) is 2.35. The predicted octanol–water partition coefficient (Wildman–Crippen LogP) is 3.63. The highest BCUT2D eigenvalue weighted by Gasteiger charge is 2.16. The van der Waals surface area contributed by atoms with Gasteiger partial charge in [-0.25, -0.2) is 0 Å². The summed E-state index contributed by atoms with van der Waals surface area (Å²) in [4.78, 5) is 0. The SMILES string of the molecule is C=C1C=C(C(C)C)Oc2ccccc21. The first-order valence-electron chi connectivity index (χ1n) is 4.86. The predicted molar refractivity (Wildman–Crippen MR) is 59.0 cm³/mol. The van der Waals surface area contributed by atoms with E-state index in [4.69, 9.17) is 4.74 Å². The summed E-state index contributed by atoms with van der Waals surface area (Å²) in [6.07, 6.45) is 2.02. The quantitative estimate of drug-likeness (QED) is 0.650. The summed E-state index contributed by atoms with van der Waals surface area (Å²) in [6.45, 7) is 8.27. The summed E-state index contributed by atoms with van der Waals surface area (Å²) in [5, 5.41) is 0. The number of allylic oxidation sites excluding steroid dienone is 3. The standard InChI is InChI=1S/C13H14O/c1-9(2)13-8-10(3)11-6-4-5-7-12(11)14-13/h4-9H,3H2,1-2H3. The van der Waals surface area contributed by atoms with Gasteiger partial charge in [-0.1, -0.05) is 38.6 Å². The lowest BCUT2D eigenvalue weighted by atomic mass is 10.0. The van der Waals surface area contributed by atoms with Gasteiger partial charge in [-0.05, 0) is 17.7 Å². The average molecular weight is 186 g/mol. The molecule has 72 valence electrons. The molecule has 0 bridgehead atoms. The van der Waals surface area contributed by atoms with Gasteiger partial charge < -0.3 is 4.74 Å². The Morgan fingerprint density at radius 1 is 1.21 bits per heavy atom. The smallest absolute Gasteiger partial charge is 0.134 e.